The SMILES string of the molecule is CC[n+]1ccccc1N.Cc1ccc(S(=O)(=O)[O-])cc1. The van der Waals surface area contributed by atoms with Crippen LogP contribution in [0, 0.1) is 6.92 Å². The maximum absolute atomic E-state index is 10.4. The monoisotopic (exact) mass is 294 g/mol. The number of nitrogens with zero attached hydrogens (tertiary/aromatic N) is 1. The molecule has 1 heterocycles. The van der Waals surface area contributed by atoms with E-state index in [9.17, 15) is 13.0 Å². The average molecular weight is 294 g/mol. The summed E-state index contributed by atoms with van der Waals surface area (Å²) in [4.78, 5) is -0.178. The molecule has 0 fully saturated rings. The van der Waals surface area contributed by atoms with Crippen molar-refractivity contribution in [3.8, 4) is 0 Å². The van der Waals surface area contributed by atoms with Gasteiger partial charge >= 0.3 is 0 Å². The molecule has 2 rings (SSSR count). The van der Waals surface area contributed by atoms with Gasteiger partial charge in [0.1, 0.15) is 10.1 Å². The van der Waals surface area contributed by atoms with Crippen molar-refractivity contribution in [2.24, 2.45) is 0 Å². The smallest absolute Gasteiger partial charge is 0.272 e. The lowest BCUT2D eigenvalue weighted by atomic mass is 10.2. The molecule has 0 saturated carbocycles. The van der Waals surface area contributed by atoms with Gasteiger partial charge in [-0.1, -0.05) is 23.8 Å². The molecule has 0 saturated heterocycles. The summed E-state index contributed by atoms with van der Waals surface area (Å²) >= 11 is 0. The van der Waals surface area contributed by atoms with Crippen molar-refractivity contribution < 1.29 is 17.5 Å². The van der Waals surface area contributed by atoms with Crippen LogP contribution in [0.4, 0.5) is 5.82 Å². The molecule has 0 radical (unpaired) electrons. The molecule has 20 heavy (non-hydrogen) atoms. The van der Waals surface area contributed by atoms with E-state index in [4.69, 9.17) is 5.73 Å². The minimum Gasteiger partial charge on any atom is -0.744 e. The van der Waals surface area contributed by atoms with E-state index in [0.717, 1.165) is 17.9 Å². The van der Waals surface area contributed by atoms with Gasteiger partial charge in [0.2, 0.25) is 0 Å². The number of rotatable bonds is 2. The molecule has 2 N–H and O–H groups in total. The van der Waals surface area contributed by atoms with Crippen LogP contribution in [0.15, 0.2) is 53.6 Å². The predicted molar refractivity (Wildman–Crippen MR) is 75.9 cm³/mol. The molecular weight excluding hydrogens is 276 g/mol. The first-order valence-electron chi connectivity index (χ1n) is 6.11. The first kappa shape index (κ1) is 16.1. The Hall–Kier alpha value is -1.92. The van der Waals surface area contributed by atoms with E-state index in [1.807, 2.05) is 35.9 Å². The minimum atomic E-state index is -4.27. The highest BCUT2D eigenvalue weighted by atomic mass is 32.2. The fraction of sp³-hybridized carbons (Fsp3) is 0.214. The summed E-state index contributed by atoms with van der Waals surface area (Å²) in [6, 6.07) is 11.6. The third-order valence-corrected chi connectivity index (χ3v) is 3.48. The summed E-state index contributed by atoms with van der Waals surface area (Å²) in [7, 11) is -4.27. The highest BCUT2D eigenvalue weighted by molar-refractivity contribution is 7.85. The Labute approximate surface area is 119 Å². The number of anilines is 1. The molecule has 5 nitrogen and oxygen atoms in total. The van der Waals surface area contributed by atoms with Gasteiger partial charge in [-0.3, -0.25) is 5.73 Å². The van der Waals surface area contributed by atoms with Crippen LogP contribution in [0.5, 0.6) is 0 Å². The molecule has 0 spiro atoms. The standard InChI is InChI=1S/C7H10N2.C7H8O3S/c1-2-9-6-4-3-5-7(9)8;1-6-2-4-7(5-3-6)11(8,9)10/h3-6,8H,2H2,1H3;2-5H,1H3,(H,8,9,10). The van der Waals surface area contributed by atoms with Crippen molar-refractivity contribution in [2.75, 3.05) is 5.73 Å². The molecule has 108 valence electrons. The molecule has 0 bridgehead atoms. The van der Waals surface area contributed by atoms with Gasteiger partial charge in [0.05, 0.1) is 17.6 Å². The van der Waals surface area contributed by atoms with Gasteiger partial charge in [-0.2, -0.15) is 0 Å². The quantitative estimate of drug-likeness (QED) is 0.671. The van der Waals surface area contributed by atoms with Crippen LogP contribution in [-0.4, -0.2) is 13.0 Å². The molecule has 2 aromatic rings. The van der Waals surface area contributed by atoms with E-state index in [2.05, 4.69) is 6.92 Å². The maximum atomic E-state index is 10.4. The van der Waals surface area contributed by atoms with Crippen LogP contribution in [0.2, 0.25) is 0 Å². The van der Waals surface area contributed by atoms with Crippen molar-refractivity contribution in [3.63, 3.8) is 0 Å². The number of pyridine rings is 1. The van der Waals surface area contributed by atoms with Crippen molar-refractivity contribution in [3.05, 3.63) is 54.2 Å². The third kappa shape index (κ3) is 4.99. The summed E-state index contributed by atoms with van der Waals surface area (Å²) in [5, 5.41) is 0. The highest BCUT2D eigenvalue weighted by Gasteiger charge is 1.98. The van der Waals surface area contributed by atoms with Crippen molar-refractivity contribution >= 4 is 15.9 Å². The fourth-order valence-corrected chi connectivity index (χ4v) is 1.95. The van der Waals surface area contributed by atoms with E-state index in [1.165, 1.54) is 12.1 Å². The molecule has 6 heteroatoms. The summed E-state index contributed by atoms with van der Waals surface area (Å²) in [5.74, 6) is 0.819. The van der Waals surface area contributed by atoms with Crippen molar-refractivity contribution in [1.29, 1.82) is 0 Å². The largest absolute Gasteiger partial charge is 0.744 e. The highest BCUT2D eigenvalue weighted by Crippen LogP contribution is 2.08. The van der Waals surface area contributed by atoms with E-state index in [0.29, 0.717) is 0 Å². The number of aromatic nitrogens is 1. The van der Waals surface area contributed by atoms with Gasteiger partial charge in [0.25, 0.3) is 5.82 Å². The number of nitrogen functional groups attached to an aromatic ring is 1. The maximum Gasteiger partial charge on any atom is 0.272 e. The summed E-state index contributed by atoms with van der Waals surface area (Å²) in [6.07, 6.45) is 1.97. The zero-order chi connectivity index (χ0) is 15.2. The van der Waals surface area contributed by atoms with Gasteiger partial charge in [-0.05, 0) is 32.0 Å². The molecule has 0 amide bonds. The number of hydrogen-bond donors (Lipinski definition) is 1. The minimum absolute atomic E-state index is 0.178. The molecule has 1 aromatic carbocycles. The van der Waals surface area contributed by atoms with E-state index in [1.54, 1.807) is 12.1 Å². The zero-order valence-electron chi connectivity index (χ0n) is 11.5. The average Bonchev–Trinajstić information content (AvgIpc) is 2.39. The van der Waals surface area contributed by atoms with Gasteiger partial charge in [-0.25, -0.2) is 13.0 Å². The third-order valence-electron chi connectivity index (χ3n) is 2.63. The summed E-state index contributed by atoms with van der Waals surface area (Å²) < 4.78 is 33.2. The number of benzene rings is 1. The fourth-order valence-electron chi connectivity index (χ4n) is 1.48. The van der Waals surface area contributed by atoms with E-state index < -0.39 is 10.1 Å². The Balaban J connectivity index is 0.000000204. The number of aryl methyl sites for hydroxylation is 2. The summed E-state index contributed by atoms with van der Waals surface area (Å²) in [5.41, 5.74) is 6.52. The van der Waals surface area contributed by atoms with Gasteiger partial charge in [0, 0.05) is 6.07 Å². The Morgan fingerprint density at radius 2 is 1.75 bits per heavy atom. The van der Waals surface area contributed by atoms with Crippen LogP contribution in [0.25, 0.3) is 0 Å². The molecular formula is C14H18N2O3S. The lowest BCUT2D eigenvalue weighted by Crippen LogP contribution is -2.34. The van der Waals surface area contributed by atoms with Gasteiger partial charge in [0.15, 0.2) is 0 Å². The second kappa shape index (κ2) is 7.02. The number of nitrogens with two attached hydrogens (primary N) is 1. The second-order valence-electron chi connectivity index (χ2n) is 4.18. The first-order valence-corrected chi connectivity index (χ1v) is 7.52. The molecule has 0 unspecified atom stereocenters. The van der Waals surface area contributed by atoms with Gasteiger partial charge < -0.3 is 4.55 Å². The molecule has 0 aliphatic carbocycles. The first-order chi connectivity index (χ1) is 9.34. The topological polar surface area (TPSA) is 87.1 Å². The normalized spacial score (nSPS) is 10.6. The lowest BCUT2D eigenvalue weighted by Gasteiger charge is -2.05. The summed E-state index contributed by atoms with van der Waals surface area (Å²) in [6.45, 7) is 4.82. The number of hydrogen-bond acceptors (Lipinski definition) is 4. The Morgan fingerprint density at radius 1 is 1.15 bits per heavy atom. The van der Waals surface area contributed by atoms with Crippen molar-refractivity contribution in [1.82, 2.24) is 0 Å². The van der Waals surface area contributed by atoms with Crippen LogP contribution in [0.1, 0.15) is 12.5 Å². The van der Waals surface area contributed by atoms with Crippen LogP contribution in [-0.2, 0) is 16.7 Å². The van der Waals surface area contributed by atoms with E-state index >= 15 is 0 Å². The van der Waals surface area contributed by atoms with Gasteiger partial charge in [-0.15, -0.1) is 0 Å². The molecule has 0 atom stereocenters. The van der Waals surface area contributed by atoms with Crippen LogP contribution >= 0.6 is 0 Å². The predicted octanol–water partition coefficient (Wildman–Crippen LogP) is 1.48. The molecule has 1 aromatic heterocycles. The molecule has 0 aliphatic heterocycles. The zero-order valence-corrected chi connectivity index (χ0v) is 12.3. The Kier molecular flexibility index (Phi) is 5.66. The van der Waals surface area contributed by atoms with Crippen molar-refractivity contribution in [2.45, 2.75) is 25.3 Å². The Bertz CT molecular complexity index is 652. The van der Waals surface area contributed by atoms with E-state index in [-0.39, 0.29) is 4.90 Å². The lowest BCUT2D eigenvalue weighted by molar-refractivity contribution is -0.679. The van der Waals surface area contributed by atoms with Crippen LogP contribution < -0.4 is 10.3 Å². The second-order valence-corrected chi connectivity index (χ2v) is 5.56. The van der Waals surface area contributed by atoms with Crippen LogP contribution in [0.3, 0.4) is 0 Å². The molecule has 0 aliphatic rings. The Morgan fingerprint density at radius 3 is 2.15 bits per heavy atom.